The van der Waals surface area contributed by atoms with Crippen LogP contribution in [0.4, 0.5) is 5.69 Å². The van der Waals surface area contributed by atoms with Crippen LogP contribution >= 0.6 is 11.6 Å². The van der Waals surface area contributed by atoms with Gasteiger partial charge >= 0.3 is 0 Å². The summed E-state index contributed by atoms with van der Waals surface area (Å²) in [5.41, 5.74) is 2.03. The number of carbonyl (C=O) groups is 1. The van der Waals surface area contributed by atoms with E-state index >= 15 is 0 Å². The van der Waals surface area contributed by atoms with Crippen LogP contribution in [-0.2, 0) is 21.2 Å². The van der Waals surface area contributed by atoms with Gasteiger partial charge in [0.25, 0.3) is 0 Å². The number of anilines is 1. The number of halogens is 1. The molecule has 2 saturated carbocycles. The Bertz CT molecular complexity index is 1120. The highest BCUT2D eigenvalue weighted by Gasteiger charge is 2.46. The standard InChI is InChI=1S/C25H29ClN2O3S/c1-17(23-15-18-6-7-20(23)14-18)28(32(30,31)22-10-8-21(26)9-11-22)16-25(29)27-13-12-19-4-2-3-5-24(19)27/h2-5,8-11,17-18,20,23H,6-7,12-16H2,1H3/t17-,18-,20-,23-/m0/s1. The van der Waals surface area contributed by atoms with Gasteiger partial charge in [-0.2, -0.15) is 4.31 Å². The normalized spacial score (nSPS) is 25.3. The average molecular weight is 473 g/mol. The zero-order valence-corrected chi connectivity index (χ0v) is 19.9. The van der Waals surface area contributed by atoms with Gasteiger partial charge < -0.3 is 4.90 Å². The van der Waals surface area contributed by atoms with Crippen molar-refractivity contribution in [2.45, 2.75) is 50.0 Å². The maximum Gasteiger partial charge on any atom is 0.243 e. The van der Waals surface area contributed by atoms with Crippen molar-refractivity contribution in [3.05, 3.63) is 59.1 Å². The molecule has 2 aromatic carbocycles. The van der Waals surface area contributed by atoms with Crippen molar-refractivity contribution in [1.82, 2.24) is 4.31 Å². The number of rotatable bonds is 6. The molecule has 0 radical (unpaired) electrons. The van der Waals surface area contributed by atoms with E-state index in [1.165, 1.54) is 35.7 Å². The summed E-state index contributed by atoms with van der Waals surface area (Å²) in [4.78, 5) is 15.4. The minimum atomic E-state index is -3.85. The van der Waals surface area contributed by atoms with E-state index in [1.54, 1.807) is 17.0 Å². The van der Waals surface area contributed by atoms with Crippen LogP contribution in [-0.4, -0.2) is 37.8 Å². The maximum atomic E-state index is 13.8. The van der Waals surface area contributed by atoms with Crippen molar-refractivity contribution < 1.29 is 13.2 Å². The molecule has 2 fully saturated rings. The Kier molecular flexibility index (Phi) is 5.81. The minimum Gasteiger partial charge on any atom is -0.311 e. The van der Waals surface area contributed by atoms with Crippen molar-refractivity contribution in [2.24, 2.45) is 17.8 Å². The van der Waals surface area contributed by atoms with E-state index in [-0.39, 0.29) is 23.4 Å². The summed E-state index contributed by atoms with van der Waals surface area (Å²) in [7, 11) is -3.85. The molecule has 5 rings (SSSR count). The number of nitrogens with zero attached hydrogens (tertiary/aromatic N) is 2. The Labute approximate surface area is 195 Å². The highest BCUT2D eigenvalue weighted by molar-refractivity contribution is 7.89. The van der Waals surface area contributed by atoms with Gasteiger partial charge in [0.15, 0.2) is 0 Å². The van der Waals surface area contributed by atoms with Crippen molar-refractivity contribution >= 4 is 33.2 Å². The Morgan fingerprint density at radius 2 is 1.88 bits per heavy atom. The summed E-state index contributed by atoms with van der Waals surface area (Å²) < 4.78 is 29.0. The number of hydrogen-bond acceptors (Lipinski definition) is 3. The summed E-state index contributed by atoms with van der Waals surface area (Å²) in [6, 6.07) is 13.9. The minimum absolute atomic E-state index is 0.144. The molecule has 7 heteroatoms. The second-order valence-electron chi connectivity index (χ2n) is 9.51. The lowest BCUT2D eigenvalue weighted by atomic mass is 9.84. The first-order chi connectivity index (χ1) is 15.3. The molecule has 0 saturated heterocycles. The van der Waals surface area contributed by atoms with Crippen LogP contribution in [0.25, 0.3) is 0 Å². The van der Waals surface area contributed by atoms with Crippen molar-refractivity contribution in [2.75, 3.05) is 18.0 Å². The van der Waals surface area contributed by atoms with Crippen LogP contribution in [0.1, 0.15) is 38.2 Å². The highest BCUT2D eigenvalue weighted by atomic mass is 35.5. The SMILES string of the molecule is C[C@@H]([C@@H]1C[C@H]2CC[C@H]1C2)N(CC(=O)N1CCc2ccccc21)S(=O)(=O)c1ccc(Cl)cc1. The summed E-state index contributed by atoms with van der Waals surface area (Å²) in [5.74, 6) is 1.39. The number of benzene rings is 2. The van der Waals surface area contributed by atoms with Crippen LogP contribution < -0.4 is 4.90 Å². The fourth-order valence-electron chi connectivity index (χ4n) is 6.10. The number of para-hydroxylation sites is 1. The van der Waals surface area contributed by atoms with Gasteiger partial charge in [-0.25, -0.2) is 8.42 Å². The smallest absolute Gasteiger partial charge is 0.243 e. The fraction of sp³-hybridized carbons (Fsp3) is 0.480. The monoisotopic (exact) mass is 472 g/mol. The first-order valence-electron chi connectivity index (χ1n) is 11.5. The third-order valence-electron chi connectivity index (χ3n) is 7.77. The van der Waals surface area contributed by atoms with Gasteiger partial charge in [0.05, 0.1) is 11.4 Å². The molecule has 2 bridgehead atoms. The second-order valence-corrected chi connectivity index (χ2v) is 11.8. The number of amides is 1. The van der Waals surface area contributed by atoms with Gasteiger partial charge in [0, 0.05) is 23.3 Å². The summed E-state index contributed by atoms with van der Waals surface area (Å²) in [6.07, 6.45) is 5.47. The molecule has 1 heterocycles. The molecule has 32 heavy (non-hydrogen) atoms. The number of carbonyl (C=O) groups excluding carboxylic acids is 1. The first kappa shape index (κ1) is 21.9. The van der Waals surface area contributed by atoms with Gasteiger partial charge in [-0.1, -0.05) is 36.2 Å². The Balaban J connectivity index is 1.45. The number of sulfonamides is 1. The van der Waals surface area contributed by atoms with Gasteiger partial charge in [-0.3, -0.25) is 4.79 Å². The zero-order valence-electron chi connectivity index (χ0n) is 18.3. The van der Waals surface area contributed by atoms with Crippen LogP contribution in [0.2, 0.25) is 5.02 Å². The molecule has 170 valence electrons. The van der Waals surface area contributed by atoms with Crippen LogP contribution in [0.5, 0.6) is 0 Å². The van der Waals surface area contributed by atoms with Gasteiger partial charge in [0.2, 0.25) is 15.9 Å². The molecule has 3 aliphatic rings. The van der Waals surface area contributed by atoms with Crippen LogP contribution in [0, 0.1) is 17.8 Å². The topological polar surface area (TPSA) is 57.7 Å². The molecule has 4 atom stereocenters. The summed E-state index contributed by atoms with van der Waals surface area (Å²) in [6.45, 7) is 2.44. The lowest BCUT2D eigenvalue weighted by Gasteiger charge is -2.36. The zero-order chi connectivity index (χ0) is 22.5. The van der Waals surface area contributed by atoms with E-state index in [4.69, 9.17) is 11.6 Å². The third kappa shape index (κ3) is 3.87. The molecule has 0 spiro atoms. The molecule has 2 aliphatic carbocycles. The third-order valence-corrected chi connectivity index (χ3v) is 9.97. The van der Waals surface area contributed by atoms with E-state index in [2.05, 4.69) is 0 Å². The Morgan fingerprint density at radius 1 is 1.12 bits per heavy atom. The molecule has 2 aromatic rings. The highest BCUT2D eigenvalue weighted by Crippen LogP contribution is 2.50. The maximum absolute atomic E-state index is 13.8. The number of fused-ring (bicyclic) bond motifs is 3. The predicted octanol–water partition coefficient (Wildman–Crippen LogP) is 4.74. The van der Waals surface area contributed by atoms with Gasteiger partial charge in [0.1, 0.15) is 0 Å². The first-order valence-corrected chi connectivity index (χ1v) is 13.3. The molecular formula is C25H29ClN2O3S. The fourth-order valence-corrected chi connectivity index (χ4v) is 7.86. The average Bonchev–Trinajstić information content (AvgIpc) is 3.52. The van der Waals surface area contributed by atoms with E-state index in [9.17, 15) is 13.2 Å². The lowest BCUT2D eigenvalue weighted by Crippen LogP contribution is -2.49. The molecule has 1 amide bonds. The van der Waals surface area contributed by atoms with Crippen molar-refractivity contribution in [3.63, 3.8) is 0 Å². The number of hydrogen-bond donors (Lipinski definition) is 0. The van der Waals surface area contributed by atoms with Gasteiger partial charge in [-0.05, 0) is 86.3 Å². The van der Waals surface area contributed by atoms with Crippen LogP contribution in [0.3, 0.4) is 0 Å². The summed E-state index contributed by atoms with van der Waals surface area (Å²) >= 11 is 6.00. The quantitative estimate of drug-likeness (QED) is 0.609. The Hall–Kier alpha value is -1.89. The molecule has 5 nitrogen and oxygen atoms in total. The van der Waals surface area contributed by atoms with E-state index < -0.39 is 10.0 Å². The molecule has 0 aromatic heterocycles. The largest absolute Gasteiger partial charge is 0.311 e. The summed E-state index contributed by atoms with van der Waals surface area (Å²) in [5, 5.41) is 0.487. The van der Waals surface area contributed by atoms with Gasteiger partial charge in [-0.15, -0.1) is 0 Å². The molecule has 1 aliphatic heterocycles. The van der Waals surface area contributed by atoms with Crippen LogP contribution in [0.15, 0.2) is 53.4 Å². The second kappa shape index (κ2) is 8.47. The molecule has 0 N–H and O–H groups in total. The lowest BCUT2D eigenvalue weighted by molar-refractivity contribution is -0.119. The molecular weight excluding hydrogens is 444 g/mol. The van der Waals surface area contributed by atoms with Crippen molar-refractivity contribution in [1.29, 1.82) is 0 Å². The van der Waals surface area contributed by atoms with E-state index in [0.29, 0.717) is 29.3 Å². The van der Waals surface area contributed by atoms with Crippen molar-refractivity contribution in [3.8, 4) is 0 Å². The molecule has 0 unspecified atom stereocenters. The van der Waals surface area contributed by atoms with E-state index in [0.717, 1.165) is 24.1 Å². The Morgan fingerprint density at radius 3 is 2.56 bits per heavy atom. The van der Waals surface area contributed by atoms with E-state index in [1.807, 2.05) is 31.2 Å². The predicted molar refractivity (Wildman–Crippen MR) is 126 cm³/mol.